The summed E-state index contributed by atoms with van der Waals surface area (Å²) >= 11 is 0. The monoisotopic (exact) mass is 296 g/mol. The zero-order valence-corrected chi connectivity index (χ0v) is 12.2. The van der Waals surface area contributed by atoms with E-state index in [0.29, 0.717) is 5.57 Å². The first-order valence-electron chi connectivity index (χ1n) is 6.62. The van der Waals surface area contributed by atoms with E-state index in [9.17, 15) is 19.8 Å². The Balaban J connectivity index is 2.82. The van der Waals surface area contributed by atoms with Crippen molar-refractivity contribution in [2.24, 2.45) is 0 Å². The number of hydrogen-bond donors (Lipinski definition) is 2. The first kappa shape index (κ1) is 17.1. The van der Waals surface area contributed by atoms with Gasteiger partial charge in [0.05, 0.1) is 12.2 Å². The molecule has 0 radical (unpaired) electrons. The lowest BCUT2D eigenvalue weighted by Crippen LogP contribution is -2.30. The van der Waals surface area contributed by atoms with E-state index in [1.54, 1.807) is 19.9 Å². The highest BCUT2D eigenvalue weighted by Gasteiger charge is 2.28. The molecule has 1 heterocycles. The second-order valence-corrected chi connectivity index (χ2v) is 4.72. The molecule has 4 atom stereocenters. The summed E-state index contributed by atoms with van der Waals surface area (Å²) in [5, 5.41) is 18.8. The summed E-state index contributed by atoms with van der Waals surface area (Å²) < 4.78 is 10.2. The lowest BCUT2D eigenvalue weighted by atomic mass is 10.1. The molecule has 0 fully saturated rings. The van der Waals surface area contributed by atoms with Crippen molar-refractivity contribution in [1.82, 2.24) is 0 Å². The van der Waals surface area contributed by atoms with E-state index in [4.69, 9.17) is 9.47 Å². The molecule has 0 spiro atoms. The van der Waals surface area contributed by atoms with E-state index in [2.05, 4.69) is 0 Å². The molecule has 1 aliphatic rings. The zero-order valence-electron chi connectivity index (χ0n) is 12.2. The molecule has 1 aliphatic heterocycles. The lowest BCUT2D eigenvalue weighted by molar-refractivity contribution is -0.153. The van der Waals surface area contributed by atoms with Crippen molar-refractivity contribution in [3.05, 3.63) is 36.0 Å². The highest BCUT2D eigenvalue weighted by Crippen LogP contribution is 2.16. The third-order valence-corrected chi connectivity index (χ3v) is 2.99. The molecular weight excluding hydrogens is 276 g/mol. The number of aliphatic hydroxyl groups is 2. The first-order chi connectivity index (χ1) is 9.85. The Morgan fingerprint density at radius 2 is 2.10 bits per heavy atom. The van der Waals surface area contributed by atoms with Crippen molar-refractivity contribution in [3.8, 4) is 0 Å². The van der Waals surface area contributed by atoms with Crippen LogP contribution in [0, 0.1) is 0 Å². The van der Waals surface area contributed by atoms with E-state index in [0.717, 1.165) is 0 Å². The van der Waals surface area contributed by atoms with Gasteiger partial charge in [-0.15, -0.1) is 0 Å². The fraction of sp³-hybridized carbons (Fsp3) is 0.467. The maximum Gasteiger partial charge on any atom is 0.334 e. The second-order valence-electron chi connectivity index (χ2n) is 4.72. The number of cyclic esters (lactones) is 1. The van der Waals surface area contributed by atoms with Gasteiger partial charge in [-0.1, -0.05) is 12.2 Å². The average molecular weight is 296 g/mol. The van der Waals surface area contributed by atoms with Crippen LogP contribution in [-0.4, -0.2) is 46.6 Å². The van der Waals surface area contributed by atoms with Gasteiger partial charge in [0.1, 0.15) is 0 Å². The summed E-state index contributed by atoms with van der Waals surface area (Å²) in [6.07, 6.45) is 3.33. The smallest absolute Gasteiger partial charge is 0.334 e. The van der Waals surface area contributed by atoms with E-state index < -0.39 is 36.4 Å². The summed E-state index contributed by atoms with van der Waals surface area (Å²) in [6.45, 7) is 4.73. The molecule has 0 aromatic heterocycles. The number of rotatable bonds is 6. The summed E-state index contributed by atoms with van der Waals surface area (Å²) in [4.78, 5) is 22.9. The van der Waals surface area contributed by atoms with Crippen LogP contribution in [0.5, 0.6) is 0 Å². The molecule has 0 unspecified atom stereocenters. The number of hydrogen-bond acceptors (Lipinski definition) is 6. The zero-order chi connectivity index (χ0) is 16.0. The predicted molar refractivity (Wildman–Crippen MR) is 75.2 cm³/mol. The Bertz CT molecular complexity index is 475. The van der Waals surface area contributed by atoms with Crippen molar-refractivity contribution < 1.29 is 29.3 Å². The van der Waals surface area contributed by atoms with Crippen molar-refractivity contribution in [1.29, 1.82) is 0 Å². The Kier molecular flexibility index (Phi) is 6.33. The number of carbonyl (C=O) groups excluding carboxylic acids is 2. The minimum atomic E-state index is -1.10. The quantitative estimate of drug-likeness (QED) is 0.424. The lowest BCUT2D eigenvalue weighted by Gasteiger charge is -2.20. The molecule has 6 heteroatoms. The Labute approximate surface area is 123 Å². The molecule has 1 rings (SSSR count). The normalized spacial score (nSPS) is 23.0. The fourth-order valence-electron chi connectivity index (χ4n) is 1.50. The number of carbonyl (C=O) groups is 2. The van der Waals surface area contributed by atoms with Crippen molar-refractivity contribution in [2.75, 3.05) is 0 Å². The summed E-state index contributed by atoms with van der Waals surface area (Å²) in [6, 6.07) is 0. The van der Waals surface area contributed by atoms with Gasteiger partial charge in [0, 0.05) is 11.6 Å². The van der Waals surface area contributed by atoms with Gasteiger partial charge in [0.25, 0.3) is 0 Å². The van der Waals surface area contributed by atoms with Gasteiger partial charge in [-0.2, -0.15) is 0 Å². The van der Waals surface area contributed by atoms with Gasteiger partial charge in [-0.3, -0.25) is 0 Å². The molecule has 0 aliphatic carbocycles. The van der Waals surface area contributed by atoms with Crippen LogP contribution in [0.3, 0.4) is 0 Å². The first-order valence-corrected chi connectivity index (χ1v) is 6.62. The topological polar surface area (TPSA) is 93.1 Å². The molecule has 0 bridgehead atoms. The molecule has 0 amide bonds. The van der Waals surface area contributed by atoms with Crippen LogP contribution in [0.25, 0.3) is 0 Å². The summed E-state index contributed by atoms with van der Waals surface area (Å²) in [7, 11) is 0. The number of allylic oxidation sites excluding steroid dienone is 1. The third-order valence-electron chi connectivity index (χ3n) is 2.99. The molecule has 6 nitrogen and oxygen atoms in total. The van der Waals surface area contributed by atoms with Gasteiger partial charge >= 0.3 is 11.9 Å². The molecule has 2 N–H and O–H groups in total. The van der Waals surface area contributed by atoms with Crippen LogP contribution in [0.2, 0.25) is 0 Å². The largest absolute Gasteiger partial charge is 0.451 e. The van der Waals surface area contributed by atoms with Crippen LogP contribution < -0.4 is 0 Å². The number of ether oxygens (including phenoxy) is 2. The molecule has 116 valence electrons. The molecule has 21 heavy (non-hydrogen) atoms. The molecule has 0 aromatic rings. The number of aliphatic hydroxyl groups excluding tert-OH is 2. The third kappa shape index (κ3) is 5.17. The molecule has 0 saturated carbocycles. The fourth-order valence-corrected chi connectivity index (χ4v) is 1.50. The van der Waals surface area contributed by atoms with Crippen molar-refractivity contribution in [2.45, 2.75) is 45.2 Å². The van der Waals surface area contributed by atoms with Crippen LogP contribution in [0.4, 0.5) is 0 Å². The molecule has 0 aromatic carbocycles. The van der Waals surface area contributed by atoms with E-state index in [-0.39, 0.29) is 0 Å². The van der Waals surface area contributed by atoms with Gasteiger partial charge in [-0.25, -0.2) is 9.59 Å². The Morgan fingerprint density at radius 3 is 2.57 bits per heavy atom. The minimum Gasteiger partial charge on any atom is -0.451 e. The SMILES string of the molecule is C/C=C(\C)C(=O)O[C@H](/C=C/[C@H](O)[C@@H](C)O)[C@H]1C=CC(=O)O1. The second kappa shape index (κ2) is 7.75. The van der Waals surface area contributed by atoms with Gasteiger partial charge < -0.3 is 19.7 Å². The van der Waals surface area contributed by atoms with Crippen molar-refractivity contribution >= 4 is 11.9 Å². The Morgan fingerprint density at radius 1 is 1.43 bits per heavy atom. The van der Waals surface area contributed by atoms with Crippen molar-refractivity contribution in [3.63, 3.8) is 0 Å². The molecular formula is C15H20O6. The van der Waals surface area contributed by atoms with Crippen LogP contribution >= 0.6 is 0 Å². The Hall–Kier alpha value is -1.92. The maximum atomic E-state index is 11.8. The summed E-state index contributed by atoms with van der Waals surface area (Å²) in [5.74, 6) is -1.07. The highest BCUT2D eigenvalue weighted by molar-refractivity contribution is 5.88. The molecule has 0 saturated heterocycles. The number of esters is 2. The highest BCUT2D eigenvalue weighted by atomic mass is 16.6. The van der Waals surface area contributed by atoms with E-state index >= 15 is 0 Å². The van der Waals surface area contributed by atoms with Gasteiger partial charge in [0.2, 0.25) is 0 Å². The van der Waals surface area contributed by atoms with Gasteiger partial charge in [0.15, 0.2) is 12.2 Å². The minimum absolute atomic E-state index is 0.415. The van der Waals surface area contributed by atoms with Crippen LogP contribution in [0.15, 0.2) is 36.0 Å². The van der Waals surface area contributed by atoms with Crippen LogP contribution in [-0.2, 0) is 19.1 Å². The van der Waals surface area contributed by atoms with Crippen LogP contribution in [0.1, 0.15) is 20.8 Å². The maximum absolute atomic E-state index is 11.8. The van der Waals surface area contributed by atoms with Gasteiger partial charge in [-0.05, 0) is 32.9 Å². The standard InChI is InChI=1S/C15H20O6/c1-4-9(2)15(19)21-13(6-5-11(17)10(3)16)12-7-8-14(18)20-12/h4-8,10-13,16-17H,1-3H3/b6-5+,9-4+/t10-,11+,12-,13-/m1/s1. The van der Waals surface area contributed by atoms with E-state index in [1.807, 2.05) is 0 Å². The summed E-state index contributed by atoms with van der Waals surface area (Å²) in [5.41, 5.74) is 0.415. The van der Waals surface area contributed by atoms with E-state index in [1.165, 1.54) is 31.2 Å². The average Bonchev–Trinajstić information content (AvgIpc) is 2.87. The predicted octanol–water partition coefficient (Wildman–Crippen LogP) is 0.644.